The predicted molar refractivity (Wildman–Crippen MR) is 68.4 cm³/mol. The summed E-state index contributed by atoms with van der Waals surface area (Å²) in [5.41, 5.74) is 0.541. The van der Waals surface area contributed by atoms with Crippen LogP contribution in [0.2, 0.25) is 0 Å². The third-order valence-corrected chi connectivity index (χ3v) is 4.06. The molecule has 0 radical (unpaired) electrons. The fourth-order valence-electron chi connectivity index (χ4n) is 2.00. The van der Waals surface area contributed by atoms with Gasteiger partial charge in [-0.1, -0.05) is 0 Å². The first-order valence-electron chi connectivity index (χ1n) is 5.88. The molecule has 1 heterocycles. The number of amides is 1. The van der Waals surface area contributed by atoms with Crippen LogP contribution < -0.4 is 9.64 Å². The van der Waals surface area contributed by atoms with Gasteiger partial charge in [-0.15, -0.1) is 3.89 Å². The summed E-state index contributed by atoms with van der Waals surface area (Å²) in [6.45, 7) is 2.24. The number of benzene rings is 1. The highest BCUT2D eigenvalue weighted by atomic mass is 32.3. The van der Waals surface area contributed by atoms with Crippen LogP contribution in [0.25, 0.3) is 0 Å². The van der Waals surface area contributed by atoms with Crippen molar-refractivity contribution < 1.29 is 21.8 Å². The van der Waals surface area contributed by atoms with Crippen LogP contribution in [-0.2, 0) is 15.0 Å². The zero-order chi connectivity index (χ0) is 14.0. The number of anilines is 1. The third kappa shape index (κ3) is 3.04. The zero-order valence-corrected chi connectivity index (χ0v) is 11.2. The molecule has 104 valence electrons. The Morgan fingerprint density at radius 2 is 2.00 bits per heavy atom. The SMILES string of the molecule is CCOc1ccc(N2CC(S(=O)(=O)F)CC2=O)cc1. The summed E-state index contributed by atoms with van der Waals surface area (Å²) in [6, 6.07) is 6.67. The average molecular weight is 287 g/mol. The maximum atomic E-state index is 12.9. The van der Waals surface area contributed by atoms with Gasteiger partial charge in [0, 0.05) is 18.7 Å². The van der Waals surface area contributed by atoms with Crippen molar-refractivity contribution in [3.8, 4) is 5.75 Å². The van der Waals surface area contributed by atoms with Crippen molar-refractivity contribution >= 4 is 21.8 Å². The Hall–Kier alpha value is -1.63. The van der Waals surface area contributed by atoms with E-state index in [1.807, 2.05) is 6.92 Å². The molecule has 0 bridgehead atoms. The Morgan fingerprint density at radius 1 is 1.37 bits per heavy atom. The maximum Gasteiger partial charge on any atom is 0.307 e. The first-order chi connectivity index (χ1) is 8.91. The molecule has 1 amide bonds. The first-order valence-corrected chi connectivity index (χ1v) is 7.33. The van der Waals surface area contributed by atoms with Gasteiger partial charge in [0.1, 0.15) is 11.0 Å². The van der Waals surface area contributed by atoms with E-state index in [0.29, 0.717) is 18.0 Å². The van der Waals surface area contributed by atoms with Crippen molar-refractivity contribution in [2.45, 2.75) is 18.6 Å². The Kier molecular flexibility index (Phi) is 3.75. The molecule has 0 saturated carbocycles. The highest BCUT2D eigenvalue weighted by Gasteiger charge is 2.38. The lowest BCUT2D eigenvalue weighted by Gasteiger charge is -2.16. The van der Waals surface area contributed by atoms with Gasteiger partial charge in [0.25, 0.3) is 0 Å². The van der Waals surface area contributed by atoms with Crippen LogP contribution in [0.4, 0.5) is 9.57 Å². The Bertz CT molecular complexity index is 570. The lowest BCUT2D eigenvalue weighted by Crippen LogP contribution is -2.26. The second-order valence-electron chi connectivity index (χ2n) is 4.23. The summed E-state index contributed by atoms with van der Waals surface area (Å²) in [5.74, 6) is 0.267. The number of halogens is 1. The molecule has 1 atom stereocenters. The van der Waals surface area contributed by atoms with Gasteiger partial charge in [0.15, 0.2) is 0 Å². The maximum absolute atomic E-state index is 12.9. The van der Waals surface area contributed by atoms with E-state index in [2.05, 4.69) is 0 Å². The number of carbonyl (C=O) groups excluding carboxylic acids is 1. The van der Waals surface area contributed by atoms with Gasteiger partial charge >= 0.3 is 10.2 Å². The highest BCUT2D eigenvalue weighted by Crippen LogP contribution is 2.27. The molecule has 2 rings (SSSR count). The second kappa shape index (κ2) is 5.16. The van der Waals surface area contributed by atoms with E-state index >= 15 is 0 Å². The second-order valence-corrected chi connectivity index (χ2v) is 5.85. The van der Waals surface area contributed by atoms with E-state index < -0.39 is 21.4 Å². The molecule has 0 N–H and O–H groups in total. The molecule has 19 heavy (non-hydrogen) atoms. The van der Waals surface area contributed by atoms with Crippen LogP contribution in [0.1, 0.15) is 13.3 Å². The number of ether oxygens (including phenoxy) is 1. The molecule has 0 aromatic heterocycles. The number of nitrogens with zero attached hydrogens (tertiary/aromatic N) is 1. The third-order valence-electron chi connectivity index (χ3n) is 2.95. The molecule has 1 saturated heterocycles. The van der Waals surface area contributed by atoms with Gasteiger partial charge in [-0.2, -0.15) is 8.42 Å². The van der Waals surface area contributed by atoms with Crippen molar-refractivity contribution in [3.05, 3.63) is 24.3 Å². The van der Waals surface area contributed by atoms with Gasteiger partial charge in [0.05, 0.1) is 6.61 Å². The Morgan fingerprint density at radius 3 is 2.47 bits per heavy atom. The Balaban J connectivity index is 2.16. The monoisotopic (exact) mass is 287 g/mol. The summed E-state index contributed by atoms with van der Waals surface area (Å²) < 4.78 is 39.8. The molecule has 1 aromatic rings. The van der Waals surface area contributed by atoms with E-state index in [-0.39, 0.29) is 13.0 Å². The van der Waals surface area contributed by atoms with E-state index in [4.69, 9.17) is 4.74 Å². The fourth-order valence-corrected chi connectivity index (χ4v) is 2.67. The lowest BCUT2D eigenvalue weighted by molar-refractivity contribution is -0.117. The number of hydrogen-bond donors (Lipinski definition) is 0. The van der Waals surface area contributed by atoms with E-state index in [1.54, 1.807) is 24.3 Å². The molecule has 1 aliphatic heterocycles. The van der Waals surface area contributed by atoms with Crippen molar-refractivity contribution in [1.29, 1.82) is 0 Å². The average Bonchev–Trinajstić information content (AvgIpc) is 2.73. The molecule has 7 heteroatoms. The van der Waals surface area contributed by atoms with Gasteiger partial charge in [-0.3, -0.25) is 4.79 Å². The molecule has 1 unspecified atom stereocenters. The molecule has 1 aromatic carbocycles. The number of rotatable bonds is 4. The summed E-state index contributed by atoms with van der Waals surface area (Å²) >= 11 is 0. The van der Waals surface area contributed by atoms with E-state index in [0.717, 1.165) is 0 Å². The normalized spacial score (nSPS) is 19.8. The van der Waals surface area contributed by atoms with Gasteiger partial charge in [0.2, 0.25) is 5.91 Å². The molecular formula is C12H14FNO4S. The smallest absolute Gasteiger partial charge is 0.307 e. The van der Waals surface area contributed by atoms with Crippen LogP contribution >= 0.6 is 0 Å². The number of carbonyl (C=O) groups is 1. The molecule has 0 aliphatic carbocycles. The van der Waals surface area contributed by atoms with E-state index in [9.17, 15) is 17.1 Å². The molecular weight excluding hydrogens is 273 g/mol. The topological polar surface area (TPSA) is 63.7 Å². The predicted octanol–water partition coefficient (Wildman–Crippen LogP) is 1.49. The highest BCUT2D eigenvalue weighted by molar-refractivity contribution is 7.87. The minimum atomic E-state index is -4.68. The minimum Gasteiger partial charge on any atom is -0.494 e. The molecule has 0 spiro atoms. The summed E-state index contributed by atoms with van der Waals surface area (Å²) in [5, 5.41) is -1.27. The quantitative estimate of drug-likeness (QED) is 0.787. The van der Waals surface area contributed by atoms with Crippen molar-refractivity contribution in [2.75, 3.05) is 18.1 Å². The standard InChI is InChI=1S/C12H14FNO4S/c1-2-18-10-5-3-9(4-6-10)14-8-11(7-12(14)15)19(13,16)17/h3-6,11H,2,7-8H2,1H3. The van der Waals surface area contributed by atoms with Crippen LogP contribution in [0.3, 0.4) is 0 Å². The van der Waals surface area contributed by atoms with Crippen LogP contribution in [0.5, 0.6) is 5.75 Å². The van der Waals surface area contributed by atoms with Crippen molar-refractivity contribution in [3.63, 3.8) is 0 Å². The minimum absolute atomic E-state index is 0.147. The van der Waals surface area contributed by atoms with Gasteiger partial charge in [-0.05, 0) is 31.2 Å². The largest absolute Gasteiger partial charge is 0.494 e. The fraction of sp³-hybridized carbons (Fsp3) is 0.417. The Labute approximate surface area is 111 Å². The summed E-state index contributed by atoms with van der Waals surface area (Å²) in [4.78, 5) is 13.0. The van der Waals surface area contributed by atoms with Crippen molar-refractivity contribution in [1.82, 2.24) is 0 Å². The molecule has 5 nitrogen and oxygen atoms in total. The van der Waals surface area contributed by atoms with Crippen LogP contribution in [0.15, 0.2) is 24.3 Å². The summed E-state index contributed by atoms with van der Waals surface area (Å²) in [7, 11) is -4.68. The lowest BCUT2D eigenvalue weighted by atomic mass is 10.3. The van der Waals surface area contributed by atoms with Gasteiger partial charge in [-0.25, -0.2) is 0 Å². The number of hydrogen-bond acceptors (Lipinski definition) is 4. The molecule has 1 fully saturated rings. The summed E-state index contributed by atoms with van der Waals surface area (Å²) in [6.07, 6.45) is -0.313. The van der Waals surface area contributed by atoms with Crippen molar-refractivity contribution in [2.24, 2.45) is 0 Å². The first kappa shape index (κ1) is 13.8. The molecule has 1 aliphatic rings. The zero-order valence-electron chi connectivity index (χ0n) is 10.4. The van der Waals surface area contributed by atoms with Crippen LogP contribution in [0, 0.1) is 0 Å². The van der Waals surface area contributed by atoms with Gasteiger partial charge < -0.3 is 9.64 Å². The van der Waals surface area contributed by atoms with Crippen LogP contribution in [-0.4, -0.2) is 32.7 Å². The van der Waals surface area contributed by atoms with E-state index in [1.165, 1.54) is 4.90 Å².